The SMILES string of the molecule is C[C@@H](c1ccccc1F)N(C)C(=O)COc1ccc(CC(N)=O)cc1. The normalized spacial score (nSPS) is 11.6. The van der Waals surface area contributed by atoms with Gasteiger partial charge in [0.2, 0.25) is 5.91 Å². The second-order valence-electron chi connectivity index (χ2n) is 5.78. The van der Waals surface area contributed by atoms with Gasteiger partial charge in [-0.2, -0.15) is 0 Å². The maximum atomic E-state index is 13.8. The number of ether oxygens (including phenoxy) is 1. The van der Waals surface area contributed by atoms with Crippen molar-refractivity contribution in [2.45, 2.75) is 19.4 Å². The first-order valence-electron chi connectivity index (χ1n) is 7.88. The highest BCUT2D eigenvalue weighted by Gasteiger charge is 2.20. The van der Waals surface area contributed by atoms with E-state index in [1.165, 1.54) is 11.0 Å². The van der Waals surface area contributed by atoms with Crippen LogP contribution in [-0.4, -0.2) is 30.4 Å². The zero-order valence-corrected chi connectivity index (χ0v) is 14.2. The Morgan fingerprint density at radius 1 is 1.16 bits per heavy atom. The minimum absolute atomic E-state index is 0.155. The zero-order valence-electron chi connectivity index (χ0n) is 14.2. The topological polar surface area (TPSA) is 72.6 Å². The summed E-state index contributed by atoms with van der Waals surface area (Å²) in [5, 5.41) is 0. The van der Waals surface area contributed by atoms with Crippen LogP contribution in [0.25, 0.3) is 0 Å². The van der Waals surface area contributed by atoms with Crippen LogP contribution in [0.5, 0.6) is 5.75 Å². The molecule has 0 saturated carbocycles. The van der Waals surface area contributed by atoms with Crippen molar-refractivity contribution in [3.8, 4) is 5.75 Å². The summed E-state index contributed by atoms with van der Waals surface area (Å²) in [4.78, 5) is 24.6. The Bertz CT molecular complexity index is 747. The summed E-state index contributed by atoms with van der Waals surface area (Å²) in [7, 11) is 1.61. The van der Waals surface area contributed by atoms with Crippen molar-refractivity contribution in [2.24, 2.45) is 5.73 Å². The third-order valence-electron chi connectivity index (χ3n) is 3.99. The molecule has 0 aliphatic heterocycles. The van der Waals surface area contributed by atoms with Crippen LogP contribution in [0.15, 0.2) is 48.5 Å². The van der Waals surface area contributed by atoms with E-state index in [2.05, 4.69) is 0 Å². The second kappa shape index (κ2) is 8.28. The molecule has 0 bridgehead atoms. The molecule has 1 atom stereocenters. The molecule has 0 radical (unpaired) electrons. The van der Waals surface area contributed by atoms with Crippen LogP contribution in [-0.2, 0) is 16.0 Å². The first-order valence-corrected chi connectivity index (χ1v) is 7.88. The fraction of sp³-hybridized carbons (Fsp3) is 0.263. The third-order valence-corrected chi connectivity index (χ3v) is 3.99. The van der Waals surface area contributed by atoms with Gasteiger partial charge in [0.15, 0.2) is 6.61 Å². The molecule has 25 heavy (non-hydrogen) atoms. The molecule has 6 heteroatoms. The second-order valence-corrected chi connectivity index (χ2v) is 5.78. The Kier molecular flexibility index (Phi) is 6.11. The van der Waals surface area contributed by atoms with Gasteiger partial charge in [-0.15, -0.1) is 0 Å². The van der Waals surface area contributed by atoms with Crippen molar-refractivity contribution in [1.29, 1.82) is 0 Å². The molecule has 0 fully saturated rings. The van der Waals surface area contributed by atoms with Gasteiger partial charge >= 0.3 is 0 Å². The van der Waals surface area contributed by atoms with Gasteiger partial charge in [0.25, 0.3) is 5.91 Å². The highest BCUT2D eigenvalue weighted by atomic mass is 19.1. The van der Waals surface area contributed by atoms with E-state index in [9.17, 15) is 14.0 Å². The number of carbonyl (C=O) groups is 2. The van der Waals surface area contributed by atoms with Crippen LogP contribution in [0, 0.1) is 5.82 Å². The predicted octanol–water partition coefficient (Wildman–Crippen LogP) is 2.45. The van der Waals surface area contributed by atoms with E-state index < -0.39 is 11.9 Å². The Hall–Kier alpha value is -2.89. The van der Waals surface area contributed by atoms with Gasteiger partial charge in [0.1, 0.15) is 11.6 Å². The number of rotatable bonds is 7. The lowest BCUT2D eigenvalue weighted by molar-refractivity contribution is -0.134. The van der Waals surface area contributed by atoms with Gasteiger partial charge in [0.05, 0.1) is 12.5 Å². The van der Waals surface area contributed by atoms with Crippen molar-refractivity contribution in [2.75, 3.05) is 13.7 Å². The zero-order chi connectivity index (χ0) is 18.4. The van der Waals surface area contributed by atoms with Gasteiger partial charge < -0.3 is 15.4 Å². The molecule has 0 unspecified atom stereocenters. The van der Waals surface area contributed by atoms with E-state index >= 15 is 0 Å². The number of carbonyl (C=O) groups excluding carboxylic acids is 2. The lowest BCUT2D eigenvalue weighted by Gasteiger charge is -2.25. The van der Waals surface area contributed by atoms with Gasteiger partial charge in [-0.1, -0.05) is 30.3 Å². The first kappa shape index (κ1) is 18.4. The van der Waals surface area contributed by atoms with E-state index in [4.69, 9.17) is 10.5 Å². The fourth-order valence-corrected chi connectivity index (χ4v) is 2.39. The smallest absolute Gasteiger partial charge is 0.260 e. The molecule has 2 aromatic carbocycles. The molecule has 5 nitrogen and oxygen atoms in total. The number of benzene rings is 2. The number of hydrogen-bond donors (Lipinski definition) is 1. The van der Waals surface area contributed by atoms with Crippen molar-refractivity contribution >= 4 is 11.8 Å². The molecule has 0 aromatic heterocycles. The van der Waals surface area contributed by atoms with Gasteiger partial charge in [-0.3, -0.25) is 9.59 Å². The lowest BCUT2D eigenvalue weighted by atomic mass is 10.1. The summed E-state index contributed by atoms with van der Waals surface area (Å²) in [5.41, 5.74) is 6.36. The van der Waals surface area contributed by atoms with E-state index in [1.807, 2.05) is 0 Å². The van der Waals surface area contributed by atoms with Crippen LogP contribution >= 0.6 is 0 Å². The molecule has 2 aromatic rings. The van der Waals surface area contributed by atoms with E-state index in [-0.39, 0.29) is 24.8 Å². The summed E-state index contributed by atoms with van der Waals surface area (Å²) >= 11 is 0. The van der Waals surface area contributed by atoms with E-state index in [0.29, 0.717) is 11.3 Å². The largest absolute Gasteiger partial charge is 0.484 e. The number of amides is 2. The van der Waals surface area contributed by atoms with Crippen LogP contribution < -0.4 is 10.5 Å². The molecule has 0 aliphatic carbocycles. The Morgan fingerprint density at radius 2 is 1.80 bits per heavy atom. The van der Waals surface area contributed by atoms with Gasteiger partial charge in [-0.05, 0) is 30.7 Å². The molecule has 2 N–H and O–H groups in total. The van der Waals surface area contributed by atoms with Crippen molar-refractivity contribution < 1.29 is 18.7 Å². The van der Waals surface area contributed by atoms with E-state index in [1.54, 1.807) is 56.4 Å². The van der Waals surface area contributed by atoms with Crippen LogP contribution in [0.4, 0.5) is 4.39 Å². The van der Waals surface area contributed by atoms with Gasteiger partial charge in [0, 0.05) is 12.6 Å². The monoisotopic (exact) mass is 344 g/mol. The fourth-order valence-electron chi connectivity index (χ4n) is 2.39. The van der Waals surface area contributed by atoms with Gasteiger partial charge in [-0.25, -0.2) is 4.39 Å². The summed E-state index contributed by atoms with van der Waals surface area (Å²) < 4.78 is 19.3. The average Bonchev–Trinajstić information content (AvgIpc) is 2.59. The minimum atomic E-state index is -0.410. The molecule has 2 amide bonds. The molecule has 2 rings (SSSR count). The highest BCUT2D eigenvalue weighted by Crippen LogP contribution is 2.22. The Labute approximate surface area is 146 Å². The maximum absolute atomic E-state index is 13.8. The quantitative estimate of drug-likeness (QED) is 0.838. The lowest BCUT2D eigenvalue weighted by Crippen LogP contribution is -2.34. The van der Waals surface area contributed by atoms with Crippen molar-refractivity contribution in [3.05, 3.63) is 65.5 Å². The summed E-state index contributed by atoms with van der Waals surface area (Å²) in [6, 6.07) is 12.7. The molecule has 0 aliphatic rings. The molecule has 0 saturated heterocycles. The van der Waals surface area contributed by atoms with Crippen LogP contribution in [0.3, 0.4) is 0 Å². The van der Waals surface area contributed by atoms with Crippen molar-refractivity contribution in [3.63, 3.8) is 0 Å². The summed E-state index contributed by atoms with van der Waals surface area (Å²) in [5.74, 6) is -0.515. The van der Waals surface area contributed by atoms with E-state index in [0.717, 1.165) is 5.56 Å². The Balaban J connectivity index is 1.93. The molecular formula is C19H21FN2O3. The molecule has 0 heterocycles. The number of primary amides is 1. The number of likely N-dealkylation sites (N-methyl/N-ethyl adjacent to an activating group) is 1. The summed E-state index contributed by atoms with van der Waals surface area (Å²) in [6.07, 6.45) is 0.155. The first-order chi connectivity index (χ1) is 11.9. The number of halogens is 1. The van der Waals surface area contributed by atoms with Crippen molar-refractivity contribution in [1.82, 2.24) is 4.90 Å². The number of hydrogen-bond acceptors (Lipinski definition) is 3. The van der Waals surface area contributed by atoms with Crippen LogP contribution in [0.1, 0.15) is 24.1 Å². The molecule has 0 spiro atoms. The standard InChI is InChI=1S/C19H21FN2O3/c1-13(16-5-3-4-6-17(16)20)22(2)19(24)12-25-15-9-7-14(8-10-15)11-18(21)23/h3-10,13H,11-12H2,1-2H3,(H2,21,23)/t13-/m0/s1. The van der Waals surface area contributed by atoms with Crippen LogP contribution in [0.2, 0.25) is 0 Å². The predicted molar refractivity (Wildman–Crippen MR) is 92.4 cm³/mol. The number of nitrogens with zero attached hydrogens (tertiary/aromatic N) is 1. The molecule has 132 valence electrons. The average molecular weight is 344 g/mol. The number of nitrogens with two attached hydrogens (primary N) is 1. The third kappa shape index (κ3) is 5.04. The highest BCUT2D eigenvalue weighted by molar-refractivity contribution is 5.78. The molecular weight excluding hydrogens is 323 g/mol. The Morgan fingerprint density at radius 3 is 2.40 bits per heavy atom. The summed E-state index contributed by atoms with van der Waals surface area (Å²) in [6.45, 7) is 1.60. The maximum Gasteiger partial charge on any atom is 0.260 e. The minimum Gasteiger partial charge on any atom is -0.484 e.